The van der Waals surface area contributed by atoms with Crippen molar-refractivity contribution in [3.8, 4) is 5.75 Å². The summed E-state index contributed by atoms with van der Waals surface area (Å²) in [6.45, 7) is 17.4. The third kappa shape index (κ3) is 5.02. The first-order valence-electron chi connectivity index (χ1n) is 8.01. The van der Waals surface area contributed by atoms with E-state index in [9.17, 15) is 9.90 Å². The van der Waals surface area contributed by atoms with Gasteiger partial charge < -0.3 is 9.67 Å². The van der Waals surface area contributed by atoms with Gasteiger partial charge in [0.15, 0.2) is 5.75 Å². The molecule has 0 atom stereocenters. The molecule has 1 aromatic heterocycles. The fraction of sp³-hybridized carbons (Fsp3) is 0.611. The van der Waals surface area contributed by atoms with Gasteiger partial charge in [-0.3, -0.25) is 9.69 Å². The molecule has 124 valence electrons. The molecule has 1 heterocycles. The molecule has 0 aliphatic rings. The molecule has 0 saturated carbocycles. The second-order valence-corrected chi connectivity index (χ2v) is 6.83. The van der Waals surface area contributed by atoms with Crippen molar-refractivity contribution < 1.29 is 5.11 Å². The van der Waals surface area contributed by atoms with Gasteiger partial charge >= 0.3 is 0 Å². The first-order valence-corrected chi connectivity index (χ1v) is 8.01. The molecule has 0 amide bonds. The Morgan fingerprint density at radius 2 is 1.82 bits per heavy atom. The van der Waals surface area contributed by atoms with Crippen molar-refractivity contribution in [2.75, 3.05) is 13.1 Å². The first-order chi connectivity index (χ1) is 10.3. The molecule has 0 aromatic carbocycles. The molecule has 4 nitrogen and oxygen atoms in total. The largest absolute Gasteiger partial charge is 0.503 e. The van der Waals surface area contributed by atoms with E-state index in [4.69, 9.17) is 0 Å². The number of aryl methyl sites for hydroxylation is 1. The van der Waals surface area contributed by atoms with Crippen LogP contribution in [0.5, 0.6) is 5.75 Å². The molecule has 0 spiro atoms. The Hall–Kier alpha value is -1.55. The summed E-state index contributed by atoms with van der Waals surface area (Å²) in [5.74, 6) is 0.931. The number of hydrogen-bond acceptors (Lipinski definition) is 3. The predicted molar refractivity (Wildman–Crippen MR) is 92.3 cm³/mol. The number of rotatable bonds is 8. The lowest BCUT2D eigenvalue weighted by molar-refractivity contribution is 0.203. The number of aromatic nitrogens is 1. The van der Waals surface area contributed by atoms with Gasteiger partial charge in [-0.2, -0.15) is 0 Å². The van der Waals surface area contributed by atoms with E-state index >= 15 is 0 Å². The number of pyridine rings is 1. The summed E-state index contributed by atoms with van der Waals surface area (Å²) in [7, 11) is 0. The van der Waals surface area contributed by atoms with E-state index in [-0.39, 0.29) is 11.2 Å². The molecule has 22 heavy (non-hydrogen) atoms. The summed E-state index contributed by atoms with van der Waals surface area (Å²) in [5.41, 5.74) is 1.24. The van der Waals surface area contributed by atoms with Crippen LogP contribution in [-0.4, -0.2) is 27.7 Å². The van der Waals surface area contributed by atoms with Crippen LogP contribution in [0.4, 0.5) is 0 Å². The smallest absolute Gasteiger partial charge is 0.223 e. The SMILES string of the molecule is C=CCn1c(C)cc(=O)c(O)c1CN(CC(C)C)CC(C)C. The van der Waals surface area contributed by atoms with Gasteiger partial charge in [0.25, 0.3) is 0 Å². The average Bonchev–Trinajstić information content (AvgIpc) is 2.38. The zero-order valence-electron chi connectivity index (χ0n) is 14.6. The van der Waals surface area contributed by atoms with Crippen LogP contribution < -0.4 is 5.43 Å². The lowest BCUT2D eigenvalue weighted by Gasteiger charge is -2.28. The van der Waals surface area contributed by atoms with Crippen LogP contribution in [0.2, 0.25) is 0 Å². The lowest BCUT2D eigenvalue weighted by Crippen LogP contribution is -2.33. The summed E-state index contributed by atoms with van der Waals surface area (Å²) in [6, 6.07) is 1.48. The van der Waals surface area contributed by atoms with Crippen LogP contribution in [-0.2, 0) is 13.1 Å². The maximum Gasteiger partial charge on any atom is 0.223 e. The van der Waals surface area contributed by atoms with Crippen molar-refractivity contribution in [1.29, 1.82) is 0 Å². The molecule has 0 saturated heterocycles. The Morgan fingerprint density at radius 3 is 2.27 bits per heavy atom. The minimum atomic E-state index is -0.304. The zero-order chi connectivity index (χ0) is 16.9. The van der Waals surface area contributed by atoms with Gasteiger partial charge in [-0.05, 0) is 18.8 Å². The molecular weight excluding hydrogens is 276 g/mol. The van der Waals surface area contributed by atoms with E-state index in [0.29, 0.717) is 30.6 Å². The van der Waals surface area contributed by atoms with Crippen LogP contribution >= 0.6 is 0 Å². The lowest BCUT2D eigenvalue weighted by atomic mass is 10.1. The predicted octanol–water partition coefficient (Wildman–Crippen LogP) is 3.16. The summed E-state index contributed by atoms with van der Waals surface area (Å²) < 4.78 is 1.97. The minimum Gasteiger partial charge on any atom is -0.503 e. The van der Waals surface area contributed by atoms with Crippen molar-refractivity contribution in [1.82, 2.24) is 9.47 Å². The number of aromatic hydroxyl groups is 1. The van der Waals surface area contributed by atoms with Crippen LogP contribution in [0.25, 0.3) is 0 Å². The molecule has 0 aliphatic heterocycles. The van der Waals surface area contributed by atoms with Crippen molar-refractivity contribution in [3.63, 3.8) is 0 Å². The first kappa shape index (κ1) is 18.5. The maximum absolute atomic E-state index is 11.9. The highest BCUT2D eigenvalue weighted by atomic mass is 16.3. The highest BCUT2D eigenvalue weighted by Gasteiger charge is 2.17. The van der Waals surface area contributed by atoms with Crippen molar-refractivity contribution in [2.45, 2.75) is 47.7 Å². The molecule has 1 N–H and O–H groups in total. The molecule has 0 bridgehead atoms. The monoisotopic (exact) mass is 306 g/mol. The van der Waals surface area contributed by atoms with Gasteiger partial charge in [0, 0.05) is 37.9 Å². The van der Waals surface area contributed by atoms with Gasteiger partial charge in [0.1, 0.15) is 0 Å². The zero-order valence-corrected chi connectivity index (χ0v) is 14.6. The van der Waals surface area contributed by atoms with Crippen LogP contribution in [0.3, 0.4) is 0 Å². The molecule has 0 aliphatic carbocycles. The van der Waals surface area contributed by atoms with Gasteiger partial charge in [-0.15, -0.1) is 6.58 Å². The standard InChI is InChI=1S/C18H30N2O2/c1-7-8-20-15(6)9-17(21)18(22)16(20)12-19(10-13(2)3)11-14(4)5/h7,9,13-14,22H,1,8,10-12H2,2-6H3. The Bertz CT molecular complexity index is 549. The van der Waals surface area contributed by atoms with Crippen LogP contribution in [0.15, 0.2) is 23.5 Å². The van der Waals surface area contributed by atoms with Crippen LogP contribution in [0, 0.1) is 18.8 Å². The summed E-state index contributed by atoms with van der Waals surface area (Å²) in [6.07, 6.45) is 1.79. The Morgan fingerprint density at radius 1 is 1.27 bits per heavy atom. The van der Waals surface area contributed by atoms with Gasteiger partial charge in [-0.1, -0.05) is 33.8 Å². The van der Waals surface area contributed by atoms with E-state index in [1.54, 1.807) is 6.08 Å². The summed E-state index contributed by atoms with van der Waals surface area (Å²) in [5, 5.41) is 10.3. The van der Waals surface area contributed by atoms with Crippen molar-refractivity contribution in [3.05, 3.63) is 40.3 Å². The maximum atomic E-state index is 11.9. The quantitative estimate of drug-likeness (QED) is 0.750. The van der Waals surface area contributed by atoms with E-state index in [1.165, 1.54) is 6.07 Å². The van der Waals surface area contributed by atoms with Gasteiger partial charge in [0.2, 0.25) is 5.43 Å². The third-order valence-electron chi connectivity index (χ3n) is 3.53. The molecule has 0 radical (unpaired) electrons. The molecular formula is C18H30N2O2. The summed E-state index contributed by atoms with van der Waals surface area (Å²) in [4.78, 5) is 14.2. The second-order valence-electron chi connectivity index (χ2n) is 6.83. The molecule has 0 unspecified atom stereocenters. The minimum absolute atomic E-state index is 0.134. The number of allylic oxidation sites excluding steroid dienone is 1. The Kier molecular flexibility index (Phi) is 6.88. The van der Waals surface area contributed by atoms with E-state index in [1.807, 2.05) is 11.5 Å². The third-order valence-corrected chi connectivity index (χ3v) is 3.53. The molecule has 1 aromatic rings. The van der Waals surface area contributed by atoms with Gasteiger partial charge in [0.05, 0.1) is 5.69 Å². The number of nitrogens with zero attached hydrogens (tertiary/aromatic N) is 2. The molecule has 1 rings (SSSR count). The van der Waals surface area contributed by atoms with E-state index in [0.717, 1.165) is 18.8 Å². The van der Waals surface area contributed by atoms with Crippen LogP contribution in [0.1, 0.15) is 39.1 Å². The van der Waals surface area contributed by atoms with E-state index in [2.05, 4.69) is 39.2 Å². The second kappa shape index (κ2) is 8.18. The molecule has 0 fully saturated rings. The topological polar surface area (TPSA) is 45.5 Å². The van der Waals surface area contributed by atoms with Gasteiger partial charge in [-0.25, -0.2) is 0 Å². The van der Waals surface area contributed by atoms with Crippen molar-refractivity contribution >= 4 is 0 Å². The number of hydrogen-bond donors (Lipinski definition) is 1. The Labute approximate surface area is 134 Å². The Balaban J connectivity index is 3.21. The molecule has 4 heteroatoms. The van der Waals surface area contributed by atoms with Crippen molar-refractivity contribution in [2.24, 2.45) is 11.8 Å². The van der Waals surface area contributed by atoms with E-state index < -0.39 is 0 Å². The fourth-order valence-electron chi connectivity index (χ4n) is 2.81. The summed E-state index contributed by atoms with van der Waals surface area (Å²) >= 11 is 0. The highest BCUT2D eigenvalue weighted by Crippen LogP contribution is 2.18. The fourth-order valence-corrected chi connectivity index (χ4v) is 2.81. The average molecular weight is 306 g/mol. The highest BCUT2D eigenvalue weighted by molar-refractivity contribution is 5.30. The normalized spacial score (nSPS) is 11.6.